The Labute approximate surface area is 110 Å². The number of anilines is 1. The van der Waals surface area contributed by atoms with E-state index in [2.05, 4.69) is 57.4 Å². The van der Waals surface area contributed by atoms with Crippen molar-refractivity contribution in [1.82, 2.24) is 4.98 Å². The lowest BCUT2D eigenvalue weighted by molar-refractivity contribution is 1.01. The summed E-state index contributed by atoms with van der Waals surface area (Å²) in [5.41, 5.74) is 3.77. The third-order valence-electron chi connectivity index (χ3n) is 2.58. The molecule has 0 bridgehead atoms. The van der Waals surface area contributed by atoms with Crippen LogP contribution in [-0.2, 0) is 6.42 Å². The second-order valence-corrected chi connectivity index (χ2v) is 4.88. The summed E-state index contributed by atoms with van der Waals surface area (Å²) < 4.78 is 1.00. The minimum absolute atomic E-state index is 0.923. The fraction of sp³-hybridized carbons (Fsp3) is 0.214. The summed E-state index contributed by atoms with van der Waals surface area (Å²) in [6.07, 6.45) is 4.62. The van der Waals surface area contributed by atoms with Crippen LogP contribution in [0.15, 0.2) is 47.2 Å². The van der Waals surface area contributed by atoms with Crippen molar-refractivity contribution in [2.75, 3.05) is 11.9 Å². The number of aromatic nitrogens is 1. The van der Waals surface area contributed by atoms with Crippen molar-refractivity contribution in [2.45, 2.75) is 13.3 Å². The number of halogens is 1. The van der Waals surface area contributed by atoms with Crippen LogP contribution in [0.5, 0.6) is 0 Å². The van der Waals surface area contributed by atoms with E-state index in [1.54, 1.807) is 12.4 Å². The van der Waals surface area contributed by atoms with E-state index in [1.807, 2.05) is 6.07 Å². The summed E-state index contributed by atoms with van der Waals surface area (Å²) in [5.74, 6) is 0. The molecule has 0 aliphatic heterocycles. The molecule has 0 aliphatic rings. The number of nitrogens with one attached hydrogen (secondary N) is 1. The van der Waals surface area contributed by atoms with Crippen molar-refractivity contribution in [1.29, 1.82) is 0 Å². The Balaban J connectivity index is 1.90. The molecule has 2 nitrogen and oxygen atoms in total. The first kappa shape index (κ1) is 12.1. The Morgan fingerprint density at radius 2 is 2.18 bits per heavy atom. The normalized spacial score (nSPS) is 10.2. The van der Waals surface area contributed by atoms with Crippen LogP contribution in [-0.4, -0.2) is 11.5 Å². The van der Waals surface area contributed by atoms with E-state index in [1.165, 1.54) is 11.1 Å². The van der Waals surface area contributed by atoms with Gasteiger partial charge in [0.2, 0.25) is 0 Å². The largest absolute Gasteiger partial charge is 0.384 e. The second kappa shape index (κ2) is 5.82. The molecule has 0 spiro atoms. The molecular formula is C14H15BrN2. The molecule has 1 aromatic carbocycles. The Morgan fingerprint density at radius 3 is 2.94 bits per heavy atom. The van der Waals surface area contributed by atoms with Gasteiger partial charge < -0.3 is 5.32 Å². The minimum Gasteiger partial charge on any atom is -0.384 e. The molecule has 0 atom stereocenters. The zero-order valence-electron chi connectivity index (χ0n) is 9.78. The van der Waals surface area contributed by atoms with E-state index in [0.717, 1.165) is 23.1 Å². The van der Waals surface area contributed by atoms with E-state index < -0.39 is 0 Å². The molecule has 0 radical (unpaired) electrons. The Bertz CT molecular complexity index is 497. The van der Waals surface area contributed by atoms with E-state index in [4.69, 9.17) is 0 Å². The standard InChI is InChI=1S/C14H15BrN2/c1-11-3-2-4-12(9-11)5-8-17-14-6-7-16-10-13(14)15/h2-4,6-7,9-10H,5,8H2,1H3,(H,16,17). The van der Waals surface area contributed by atoms with Gasteiger partial charge in [0.25, 0.3) is 0 Å². The average molecular weight is 291 g/mol. The van der Waals surface area contributed by atoms with Gasteiger partial charge in [0.05, 0.1) is 10.2 Å². The monoisotopic (exact) mass is 290 g/mol. The molecular weight excluding hydrogens is 276 g/mol. The smallest absolute Gasteiger partial charge is 0.0590 e. The van der Waals surface area contributed by atoms with Gasteiger partial charge >= 0.3 is 0 Å². The van der Waals surface area contributed by atoms with Gasteiger partial charge in [0.15, 0.2) is 0 Å². The average Bonchev–Trinajstić information content (AvgIpc) is 2.32. The number of pyridine rings is 1. The molecule has 0 fully saturated rings. The van der Waals surface area contributed by atoms with Gasteiger partial charge in [0, 0.05) is 18.9 Å². The Kier molecular flexibility index (Phi) is 4.15. The minimum atomic E-state index is 0.923. The maximum atomic E-state index is 4.04. The van der Waals surface area contributed by atoms with Crippen molar-refractivity contribution in [2.24, 2.45) is 0 Å². The van der Waals surface area contributed by atoms with E-state index in [0.29, 0.717) is 0 Å². The summed E-state index contributed by atoms with van der Waals surface area (Å²) in [6, 6.07) is 10.6. The number of aryl methyl sites for hydroxylation is 1. The highest BCUT2D eigenvalue weighted by Crippen LogP contribution is 2.19. The van der Waals surface area contributed by atoms with Gasteiger partial charge in [-0.05, 0) is 40.9 Å². The van der Waals surface area contributed by atoms with Crippen LogP contribution in [0, 0.1) is 6.92 Å². The van der Waals surface area contributed by atoms with Crippen molar-refractivity contribution >= 4 is 21.6 Å². The third kappa shape index (κ3) is 3.56. The first-order chi connectivity index (χ1) is 8.25. The Morgan fingerprint density at radius 1 is 1.29 bits per heavy atom. The molecule has 1 N–H and O–H groups in total. The summed E-state index contributed by atoms with van der Waals surface area (Å²) >= 11 is 3.47. The number of hydrogen-bond acceptors (Lipinski definition) is 2. The highest BCUT2D eigenvalue weighted by Gasteiger charge is 1.98. The van der Waals surface area contributed by atoms with E-state index in [-0.39, 0.29) is 0 Å². The van der Waals surface area contributed by atoms with Gasteiger partial charge in [-0.25, -0.2) is 0 Å². The third-order valence-corrected chi connectivity index (χ3v) is 3.22. The quantitative estimate of drug-likeness (QED) is 0.926. The number of nitrogens with zero attached hydrogens (tertiary/aromatic N) is 1. The highest BCUT2D eigenvalue weighted by molar-refractivity contribution is 9.10. The van der Waals surface area contributed by atoms with Crippen molar-refractivity contribution in [3.63, 3.8) is 0 Å². The number of hydrogen-bond donors (Lipinski definition) is 1. The molecule has 0 saturated carbocycles. The second-order valence-electron chi connectivity index (χ2n) is 4.02. The van der Waals surface area contributed by atoms with E-state index in [9.17, 15) is 0 Å². The maximum Gasteiger partial charge on any atom is 0.0590 e. The molecule has 2 aromatic rings. The van der Waals surface area contributed by atoms with Crippen molar-refractivity contribution < 1.29 is 0 Å². The predicted molar refractivity (Wildman–Crippen MR) is 75.3 cm³/mol. The lowest BCUT2D eigenvalue weighted by Gasteiger charge is -2.08. The zero-order valence-corrected chi connectivity index (χ0v) is 11.4. The van der Waals surface area contributed by atoms with Crippen LogP contribution >= 0.6 is 15.9 Å². The molecule has 1 heterocycles. The van der Waals surface area contributed by atoms with Crippen LogP contribution in [0.2, 0.25) is 0 Å². The molecule has 0 aliphatic carbocycles. The summed E-state index contributed by atoms with van der Waals surface area (Å²) in [4.78, 5) is 4.04. The molecule has 3 heteroatoms. The van der Waals surface area contributed by atoms with Crippen molar-refractivity contribution in [3.8, 4) is 0 Å². The molecule has 2 rings (SSSR count). The van der Waals surface area contributed by atoms with Crippen LogP contribution < -0.4 is 5.32 Å². The topological polar surface area (TPSA) is 24.9 Å². The van der Waals surface area contributed by atoms with Crippen LogP contribution in [0.3, 0.4) is 0 Å². The van der Waals surface area contributed by atoms with Gasteiger partial charge in [0.1, 0.15) is 0 Å². The molecule has 88 valence electrons. The molecule has 0 saturated heterocycles. The predicted octanol–water partition coefficient (Wildman–Crippen LogP) is 3.81. The van der Waals surface area contributed by atoms with Crippen molar-refractivity contribution in [3.05, 3.63) is 58.3 Å². The molecule has 1 aromatic heterocycles. The Hall–Kier alpha value is -1.35. The van der Waals surface area contributed by atoms with Crippen LogP contribution in [0.4, 0.5) is 5.69 Å². The van der Waals surface area contributed by atoms with E-state index >= 15 is 0 Å². The lowest BCUT2D eigenvalue weighted by Crippen LogP contribution is -2.05. The van der Waals surface area contributed by atoms with Crippen LogP contribution in [0.25, 0.3) is 0 Å². The first-order valence-electron chi connectivity index (χ1n) is 5.64. The molecule has 0 amide bonds. The fourth-order valence-electron chi connectivity index (χ4n) is 1.73. The summed E-state index contributed by atoms with van der Waals surface area (Å²) in [5, 5.41) is 3.39. The fourth-order valence-corrected chi connectivity index (χ4v) is 2.12. The zero-order chi connectivity index (χ0) is 12.1. The first-order valence-corrected chi connectivity index (χ1v) is 6.44. The van der Waals surface area contributed by atoms with Crippen LogP contribution in [0.1, 0.15) is 11.1 Å². The lowest BCUT2D eigenvalue weighted by atomic mass is 10.1. The maximum absolute atomic E-state index is 4.04. The highest BCUT2D eigenvalue weighted by atomic mass is 79.9. The SMILES string of the molecule is Cc1cccc(CCNc2ccncc2Br)c1. The van der Waals surface area contributed by atoms with Gasteiger partial charge in [-0.15, -0.1) is 0 Å². The summed E-state index contributed by atoms with van der Waals surface area (Å²) in [7, 11) is 0. The van der Waals surface area contributed by atoms with Gasteiger partial charge in [-0.1, -0.05) is 29.8 Å². The number of rotatable bonds is 4. The number of benzene rings is 1. The molecule has 17 heavy (non-hydrogen) atoms. The van der Waals surface area contributed by atoms with Gasteiger partial charge in [-0.3, -0.25) is 4.98 Å². The summed E-state index contributed by atoms with van der Waals surface area (Å²) in [6.45, 7) is 3.04. The van der Waals surface area contributed by atoms with Gasteiger partial charge in [-0.2, -0.15) is 0 Å². The molecule has 0 unspecified atom stereocenters.